The van der Waals surface area contributed by atoms with Gasteiger partial charge in [0, 0.05) is 16.3 Å². The summed E-state index contributed by atoms with van der Waals surface area (Å²) >= 11 is 5.97. The zero-order chi connectivity index (χ0) is 21.7. The first kappa shape index (κ1) is 21.5. The molecule has 0 aliphatic carbocycles. The highest BCUT2D eigenvalue weighted by atomic mass is 35.5. The quantitative estimate of drug-likeness (QED) is 0.560. The van der Waals surface area contributed by atoms with E-state index < -0.39 is 10.0 Å². The van der Waals surface area contributed by atoms with Crippen molar-refractivity contribution in [2.75, 3.05) is 24.3 Å². The van der Waals surface area contributed by atoms with Crippen molar-refractivity contribution in [3.8, 4) is 11.5 Å². The smallest absolute Gasteiger partial charge is 0.261 e. The van der Waals surface area contributed by atoms with Gasteiger partial charge in [-0.2, -0.15) is 0 Å². The first-order chi connectivity index (χ1) is 14.3. The van der Waals surface area contributed by atoms with Crippen molar-refractivity contribution in [1.29, 1.82) is 0 Å². The fourth-order valence-electron chi connectivity index (χ4n) is 2.63. The number of halogens is 1. The molecule has 0 saturated heterocycles. The van der Waals surface area contributed by atoms with Crippen LogP contribution in [0.4, 0.5) is 11.4 Å². The average Bonchev–Trinajstić information content (AvgIpc) is 2.74. The van der Waals surface area contributed by atoms with E-state index in [9.17, 15) is 13.2 Å². The standard InChI is InChI=1S/C21H19ClN2O5S/c1-28-17-8-10-18(11-9-17)30(26,27)24-16-6-3-14(4-7-16)21(25)23-19-13-15(22)5-12-20(19)29-2/h3-13,24H,1-2H3,(H,23,25). The lowest BCUT2D eigenvalue weighted by Crippen LogP contribution is -2.14. The Bertz CT molecular complexity index is 1150. The summed E-state index contributed by atoms with van der Waals surface area (Å²) < 4.78 is 37.7. The summed E-state index contributed by atoms with van der Waals surface area (Å²) in [5.41, 5.74) is 1.09. The molecule has 9 heteroatoms. The molecule has 0 spiro atoms. The van der Waals surface area contributed by atoms with Gasteiger partial charge in [0.2, 0.25) is 0 Å². The van der Waals surface area contributed by atoms with E-state index in [1.54, 1.807) is 30.3 Å². The molecule has 0 aromatic heterocycles. The maximum atomic E-state index is 12.5. The molecule has 7 nitrogen and oxygen atoms in total. The molecule has 0 heterocycles. The lowest BCUT2D eigenvalue weighted by Gasteiger charge is -2.11. The largest absolute Gasteiger partial charge is 0.497 e. The summed E-state index contributed by atoms with van der Waals surface area (Å²) in [6.07, 6.45) is 0. The van der Waals surface area contributed by atoms with Crippen LogP contribution in [0, 0.1) is 0 Å². The minimum atomic E-state index is -3.77. The number of carbonyl (C=O) groups excluding carboxylic acids is 1. The summed E-state index contributed by atoms with van der Waals surface area (Å²) in [5.74, 6) is 0.636. The van der Waals surface area contributed by atoms with Crippen molar-refractivity contribution in [3.63, 3.8) is 0 Å². The van der Waals surface area contributed by atoms with Crippen LogP contribution < -0.4 is 19.5 Å². The highest BCUT2D eigenvalue weighted by molar-refractivity contribution is 7.92. The number of sulfonamides is 1. The van der Waals surface area contributed by atoms with Crippen LogP contribution in [0.2, 0.25) is 5.02 Å². The van der Waals surface area contributed by atoms with Crippen molar-refractivity contribution < 1.29 is 22.7 Å². The van der Waals surface area contributed by atoms with Gasteiger partial charge in [-0.3, -0.25) is 9.52 Å². The van der Waals surface area contributed by atoms with Gasteiger partial charge >= 0.3 is 0 Å². The van der Waals surface area contributed by atoms with Crippen LogP contribution in [-0.4, -0.2) is 28.5 Å². The van der Waals surface area contributed by atoms with Gasteiger partial charge in [-0.25, -0.2) is 8.42 Å². The van der Waals surface area contributed by atoms with Gasteiger partial charge in [-0.15, -0.1) is 0 Å². The van der Waals surface area contributed by atoms with Crippen molar-refractivity contribution in [2.24, 2.45) is 0 Å². The van der Waals surface area contributed by atoms with E-state index in [-0.39, 0.29) is 10.8 Å². The third kappa shape index (κ3) is 5.03. The number of ether oxygens (including phenoxy) is 2. The number of carbonyl (C=O) groups is 1. The van der Waals surface area contributed by atoms with E-state index in [1.165, 1.54) is 50.6 Å². The summed E-state index contributed by atoms with van der Waals surface area (Å²) in [6, 6.07) is 16.9. The van der Waals surface area contributed by atoms with Crippen molar-refractivity contribution in [1.82, 2.24) is 0 Å². The van der Waals surface area contributed by atoms with Crippen LogP contribution in [0.5, 0.6) is 11.5 Å². The molecule has 0 atom stereocenters. The molecule has 0 radical (unpaired) electrons. The molecule has 30 heavy (non-hydrogen) atoms. The molecule has 0 saturated carbocycles. The van der Waals surface area contributed by atoms with E-state index in [2.05, 4.69) is 10.0 Å². The minimum absolute atomic E-state index is 0.0955. The maximum Gasteiger partial charge on any atom is 0.261 e. The fourth-order valence-corrected chi connectivity index (χ4v) is 3.86. The van der Waals surface area contributed by atoms with Crippen LogP contribution >= 0.6 is 11.6 Å². The monoisotopic (exact) mass is 446 g/mol. The zero-order valence-electron chi connectivity index (χ0n) is 16.2. The van der Waals surface area contributed by atoms with Crippen molar-refractivity contribution in [2.45, 2.75) is 4.90 Å². The lowest BCUT2D eigenvalue weighted by molar-refractivity contribution is 0.102. The second-order valence-electron chi connectivity index (χ2n) is 6.16. The predicted molar refractivity (Wildman–Crippen MR) is 116 cm³/mol. The number of anilines is 2. The Kier molecular flexibility index (Phi) is 6.49. The van der Waals surface area contributed by atoms with Crippen LogP contribution in [-0.2, 0) is 10.0 Å². The Hall–Kier alpha value is -3.23. The number of benzene rings is 3. The molecule has 0 fully saturated rings. The topological polar surface area (TPSA) is 93.7 Å². The molecule has 3 rings (SSSR count). The number of hydrogen-bond acceptors (Lipinski definition) is 5. The second kappa shape index (κ2) is 9.06. The number of hydrogen-bond donors (Lipinski definition) is 2. The first-order valence-corrected chi connectivity index (χ1v) is 10.6. The van der Waals surface area contributed by atoms with Gasteiger partial charge in [-0.05, 0) is 66.7 Å². The molecule has 3 aromatic rings. The second-order valence-corrected chi connectivity index (χ2v) is 8.28. The average molecular weight is 447 g/mol. The fraction of sp³-hybridized carbons (Fsp3) is 0.0952. The SMILES string of the molecule is COc1ccc(S(=O)(=O)Nc2ccc(C(=O)Nc3cc(Cl)ccc3OC)cc2)cc1. The van der Waals surface area contributed by atoms with Crippen molar-refractivity contribution in [3.05, 3.63) is 77.3 Å². The Morgan fingerprint density at radius 1 is 0.900 bits per heavy atom. The summed E-state index contributed by atoms with van der Waals surface area (Å²) in [7, 11) is -0.780. The Balaban J connectivity index is 1.72. The number of amides is 1. The van der Waals surface area contributed by atoms with E-state index in [0.717, 1.165) is 0 Å². The number of methoxy groups -OCH3 is 2. The molecule has 0 unspecified atom stereocenters. The van der Waals surface area contributed by atoms with E-state index in [1.807, 2.05) is 0 Å². The van der Waals surface area contributed by atoms with Gasteiger partial charge in [-0.1, -0.05) is 11.6 Å². The molecule has 2 N–H and O–H groups in total. The number of rotatable bonds is 7. The minimum Gasteiger partial charge on any atom is -0.497 e. The van der Waals surface area contributed by atoms with E-state index in [4.69, 9.17) is 21.1 Å². The Morgan fingerprint density at radius 2 is 1.57 bits per heavy atom. The van der Waals surface area contributed by atoms with Crippen molar-refractivity contribution >= 4 is 38.9 Å². The third-order valence-electron chi connectivity index (χ3n) is 4.18. The van der Waals surface area contributed by atoms with E-state index in [0.29, 0.717) is 33.5 Å². The molecule has 0 bridgehead atoms. The molecular formula is C21H19ClN2O5S. The number of nitrogens with one attached hydrogen (secondary N) is 2. The van der Waals surface area contributed by atoms with E-state index >= 15 is 0 Å². The molecule has 0 aliphatic heterocycles. The summed E-state index contributed by atoms with van der Waals surface area (Å²) in [4.78, 5) is 12.6. The lowest BCUT2D eigenvalue weighted by atomic mass is 10.2. The third-order valence-corrected chi connectivity index (χ3v) is 5.81. The molecular weight excluding hydrogens is 428 g/mol. The highest BCUT2D eigenvalue weighted by Crippen LogP contribution is 2.28. The van der Waals surface area contributed by atoms with Gasteiger partial charge in [0.05, 0.1) is 24.8 Å². The van der Waals surface area contributed by atoms with Gasteiger partial charge in [0.1, 0.15) is 11.5 Å². The predicted octanol–water partition coefficient (Wildman–Crippen LogP) is 4.41. The Labute approximate surface area is 179 Å². The molecule has 156 valence electrons. The zero-order valence-corrected chi connectivity index (χ0v) is 17.8. The van der Waals surface area contributed by atoms with Crippen LogP contribution in [0.25, 0.3) is 0 Å². The normalized spacial score (nSPS) is 10.9. The highest BCUT2D eigenvalue weighted by Gasteiger charge is 2.15. The first-order valence-electron chi connectivity index (χ1n) is 8.74. The van der Waals surface area contributed by atoms with Crippen LogP contribution in [0.3, 0.4) is 0 Å². The van der Waals surface area contributed by atoms with Gasteiger partial charge in [0.15, 0.2) is 0 Å². The Morgan fingerprint density at radius 3 is 2.17 bits per heavy atom. The van der Waals surface area contributed by atoms with Gasteiger partial charge < -0.3 is 14.8 Å². The molecule has 1 amide bonds. The van der Waals surface area contributed by atoms with Gasteiger partial charge in [0.25, 0.3) is 15.9 Å². The van der Waals surface area contributed by atoms with Crippen LogP contribution in [0.1, 0.15) is 10.4 Å². The molecule has 0 aliphatic rings. The van der Waals surface area contributed by atoms with Crippen LogP contribution in [0.15, 0.2) is 71.6 Å². The molecule has 3 aromatic carbocycles. The summed E-state index contributed by atoms with van der Waals surface area (Å²) in [5, 5.41) is 3.18. The maximum absolute atomic E-state index is 12.5. The summed E-state index contributed by atoms with van der Waals surface area (Å²) in [6.45, 7) is 0.